The molecule has 0 saturated heterocycles. The number of aromatic nitrogens is 1. The smallest absolute Gasteiger partial charge is 0.191 e. The maximum atomic E-state index is 5.80. The number of hydrogen-bond donors (Lipinski definition) is 2. The van der Waals surface area contributed by atoms with Gasteiger partial charge in [0.2, 0.25) is 0 Å². The van der Waals surface area contributed by atoms with Gasteiger partial charge in [0.05, 0.1) is 18.9 Å². The first kappa shape index (κ1) is 24.4. The summed E-state index contributed by atoms with van der Waals surface area (Å²) in [5.74, 6) is 2.35. The second kappa shape index (κ2) is 12.8. The molecule has 2 aromatic rings. The van der Waals surface area contributed by atoms with E-state index in [9.17, 15) is 0 Å². The number of guanidine groups is 1. The van der Waals surface area contributed by atoms with Crippen molar-refractivity contribution in [3.63, 3.8) is 0 Å². The summed E-state index contributed by atoms with van der Waals surface area (Å²) in [6, 6.07) is 10.2. The van der Waals surface area contributed by atoms with Crippen LogP contribution < -0.4 is 10.6 Å². The third kappa shape index (κ3) is 7.79. The first-order valence-electron chi connectivity index (χ1n) is 9.50. The molecular weight excluding hydrogens is 467 g/mol. The normalized spacial score (nSPS) is 13.5. The molecule has 0 bridgehead atoms. The molecule has 2 rings (SSSR count). The molecule has 0 aliphatic rings. The lowest BCUT2D eigenvalue weighted by Crippen LogP contribution is -2.41. The zero-order valence-corrected chi connectivity index (χ0v) is 19.8. The van der Waals surface area contributed by atoms with Gasteiger partial charge in [-0.25, -0.2) is 0 Å². The molecule has 2 atom stereocenters. The van der Waals surface area contributed by atoms with Crippen molar-refractivity contribution in [1.82, 2.24) is 15.8 Å². The van der Waals surface area contributed by atoms with E-state index < -0.39 is 0 Å². The Morgan fingerprint density at radius 2 is 1.82 bits per heavy atom. The van der Waals surface area contributed by atoms with Gasteiger partial charge in [-0.3, -0.25) is 4.99 Å². The number of halogens is 1. The molecule has 0 fully saturated rings. The number of ether oxygens (including phenoxy) is 1. The molecule has 2 unspecified atom stereocenters. The molecule has 0 spiro atoms. The summed E-state index contributed by atoms with van der Waals surface area (Å²) in [4.78, 5) is 4.30. The standard InChI is InChI=1S/C21H32N4O2.HI/c1-15(13-26-14-19-9-7-6-8-10-19)11-23-21(22-5)24-12-16(2)20-17(3)25-27-18(20)4;/h6-10,15-16H,11-14H2,1-5H3,(H2,22,23,24);1H. The summed E-state index contributed by atoms with van der Waals surface area (Å²) in [7, 11) is 1.78. The van der Waals surface area contributed by atoms with Gasteiger partial charge < -0.3 is 19.9 Å². The Labute approximate surface area is 185 Å². The molecule has 0 amide bonds. The van der Waals surface area contributed by atoms with Crippen molar-refractivity contribution in [2.24, 2.45) is 10.9 Å². The molecule has 1 aromatic carbocycles. The maximum Gasteiger partial charge on any atom is 0.191 e. The van der Waals surface area contributed by atoms with Crippen molar-refractivity contribution >= 4 is 29.9 Å². The molecule has 7 heteroatoms. The molecule has 0 aliphatic carbocycles. The highest BCUT2D eigenvalue weighted by Gasteiger charge is 2.16. The van der Waals surface area contributed by atoms with Gasteiger partial charge in [0.15, 0.2) is 5.96 Å². The van der Waals surface area contributed by atoms with Crippen molar-refractivity contribution in [2.45, 2.75) is 40.2 Å². The van der Waals surface area contributed by atoms with Gasteiger partial charge in [-0.2, -0.15) is 0 Å². The molecule has 156 valence electrons. The van der Waals surface area contributed by atoms with E-state index in [0.717, 1.165) is 30.5 Å². The second-order valence-electron chi connectivity index (χ2n) is 7.08. The fourth-order valence-corrected chi connectivity index (χ4v) is 3.05. The van der Waals surface area contributed by atoms with E-state index in [2.05, 4.69) is 46.8 Å². The number of aliphatic imine (C=N–C) groups is 1. The molecular formula is C21H33IN4O2. The van der Waals surface area contributed by atoms with Crippen LogP contribution in [0.15, 0.2) is 39.8 Å². The monoisotopic (exact) mass is 500 g/mol. The fraction of sp³-hybridized carbons (Fsp3) is 0.524. The van der Waals surface area contributed by atoms with Crippen LogP contribution in [0.1, 0.15) is 42.3 Å². The number of nitrogens with one attached hydrogen (secondary N) is 2. The number of aryl methyl sites for hydroxylation is 2. The van der Waals surface area contributed by atoms with E-state index in [1.54, 1.807) is 7.05 Å². The first-order chi connectivity index (χ1) is 13.0. The van der Waals surface area contributed by atoms with Gasteiger partial charge >= 0.3 is 0 Å². The molecule has 28 heavy (non-hydrogen) atoms. The fourth-order valence-electron chi connectivity index (χ4n) is 3.05. The van der Waals surface area contributed by atoms with Crippen molar-refractivity contribution in [3.8, 4) is 0 Å². The van der Waals surface area contributed by atoms with Gasteiger partial charge in [0, 0.05) is 31.6 Å². The predicted octanol–water partition coefficient (Wildman–Crippen LogP) is 4.03. The average Bonchev–Trinajstić information content (AvgIpc) is 3.01. The Morgan fingerprint density at radius 1 is 1.14 bits per heavy atom. The summed E-state index contributed by atoms with van der Waals surface area (Å²) in [6.45, 7) is 11.2. The number of benzene rings is 1. The van der Waals surface area contributed by atoms with Crippen LogP contribution in [-0.4, -0.2) is 37.9 Å². The summed E-state index contributed by atoms with van der Waals surface area (Å²) in [5.41, 5.74) is 3.32. The number of nitrogens with zero attached hydrogens (tertiary/aromatic N) is 2. The highest BCUT2D eigenvalue weighted by molar-refractivity contribution is 14.0. The molecule has 0 saturated carbocycles. The molecule has 0 radical (unpaired) electrons. The zero-order chi connectivity index (χ0) is 19.6. The molecule has 2 N–H and O–H groups in total. The van der Waals surface area contributed by atoms with Crippen LogP contribution in [0.3, 0.4) is 0 Å². The van der Waals surface area contributed by atoms with E-state index in [4.69, 9.17) is 9.26 Å². The van der Waals surface area contributed by atoms with Crippen LogP contribution >= 0.6 is 24.0 Å². The summed E-state index contributed by atoms with van der Waals surface area (Å²) >= 11 is 0. The van der Waals surface area contributed by atoms with Crippen LogP contribution in [0.25, 0.3) is 0 Å². The van der Waals surface area contributed by atoms with Crippen LogP contribution in [-0.2, 0) is 11.3 Å². The van der Waals surface area contributed by atoms with Crippen molar-refractivity contribution in [2.75, 3.05) is 26.7 Å². The second-order valence-corrected chi connectivity index (χ2v) is 7.08. The lowest BCUT2D eigenvalue weighted by molar-refractivity contribution is 0.0931. The lowest BCUT2D eigenvalue weighted by atomic mass is 10.00. The van der Waals surface area contributed by atoms with Crippen LogP contribution in [0.5, 0.6) is 0 Å². The largest absolute Gasteiger partial charge is 0.376 e. The Balaban J connectivity index is 0.00000392. The van der Waals surface area contributed by atoms with Crippen molar-refractivity contribution in [3.05, 3.63) is 52.9 Å². The summed E-state index contributed by atoms with van der Waals surface area (Å²) in [6.07, 6.45) is 0. The van der Waals surface area contributed by atoms with Crippen LogP contribution in [0.2, 0.25) is 0 Å². The van der Waals surface area contributed by atoms with Crippen molar-refractivity contribution in [1.29, 1.82) is 0 Å². The van der Waals surface area contributed by atoms with Gasteiger partial charge in [-0.15, -0.1) is 24.0 Å². The van der Waals surface area contributed by atoms with E-state index in [1.807, 2.05) is 32.0 Å². The zero-order valence-electron chi connectivity index (χ0n) is 17.5. The minimum absolute atomic E-state index is 0. The third-order valence-corrected chi connectivity index (χ3v) is 4.51. The lowest BCUT2D eigenvalue weighted by Gasteiger charge is -2.18. The summed E-state index contributed by atoms with van der Waals surface area (Å²) in [5, 5.41) is 10.8. The topological polar surface area (TPSA) is 71.7 Å². The predicted molar refractivity (Wildman–Crippen MR) is 124 cm³/mol. The molecule has 1 heterocycles. The van der Waals surface area contributed by atoms with Crippen molar-refractivity contribution < 1.29 is 9.26 Å². The van der Waals surface area contributed by atoms with Gasteiger partial charge in [-0.05, 0) is 25.3 Å². The third-order valence-electron chi connectivity index (χ3n) is 4.51. The highest BCUT2D eigenvalue weighted by atomic mass is 127. The maximum absolute atomic E-state index is 5.80. The van der Waals surface area contributed by atoms with E-state index in [-0.39, 0.29) is 24.0 Å². The number of rotatable bonds is 9. The van der Waals surface area contributed by atoms with Crippen LogP contribution in [0.4, 0.5) is 0 Å². The van der Waals surface area contributed by atoms with E-state index in [1.165, 1.54) is 11.1 Å². The Hall–Kier alpha value is -1.61. The molecule has 0 aliphatic heterocycles. The minimum atomic E-state index is 0. The van der Waals surface area contributed by atoms with Gasteiger partial charge in [-0.1, -0.05) is 49.3 Å². The summed E-state index contributed by atoms with van der Waals surface area (Å²) < 4.78 is 11.1. The first-order valence-corrected chi connectivity index (χ1v) is 9.50. The Bertz CT molecular complexity index is 699. The molecule has 6 nitrogen and oxygen atoms in total. The van der Waals surface area contributed by atoms with Gasteiger partial charge in [0.25, 0.3) is 0 Å². The van der Waals surface area contributed by atoms with Crippen LogP contribution in [0, 0.1) is 19.8 Å². The average molecular weight is 500 g/mol. The van der Waals surface area contributed by atoms with Gasteiger partial charge in [0.1, 0.15) is 5.76 Å². The SMILES string of the molecule is CN=C(NCC(C)COCc1ccccc1)NCC(C)c1c(C)noc1C.I. The minimum Gasteiger partial charge on any atom is -0.376 e. The van der Waals surface area contributed by atoms with E-state index >= 15 is 0 Å². The number of hydrogen-bond acceptors (Lipinski definition) is 4. The molecule has 1 aromatic heterocycles. The quantitative estimate of drug-likeness (QED) is 0.309. The Kier molecular flexibility index (Phi) is 11.1. The highest BCUT2D eigenvalue weighted by Crippen LogP contribution is 2.22. The van der Waals surface area contributed by atoms with E-state index in [0.29, 0.717) is 25.0 Å². The Morgan fingerprint density at radius 3 is 2.43 bits per heavy atom.